The van der Waals surface area contributed by atoms with Crippen LogP contribution in [0.3, 0.4) is 0 Å². The SMILES string of the molecule is C[C@@H](C(O)c1ccc(OC(=O)c2ccc(C(N)C(C)(C)C)cc2)cc1)N1CCC(O)(c2ccccc2)CC1. The van der Waals surface area contributed by atoms with Gasteiger partial charge in [-0.25, -0.2) is 4.79 Å². The van der Waals surface area contributed by atoms with E-state index >= 15 is 0 Å². The average Bonchev–Trinajstić information content (AvgIpc) is 2.93. The molecule has 1 saturated heterocycles. The number of aliphatic hydroxyl groups excluding tert-OH is 1. The summed E-state index contributed by atoms with van der Waals surface area (Å²) in [6, 6.07) is 23.8. The van der Waals surface area contributed by atoms with E-state index in [1.807, 2.05) is 49.4 Å². The summed E-state index contributed by atoms with van der Waals surface area (Å²) in [4.78, 5) is 14.9. The van der Waals surface area contributed by atoms with Crippen molar-refractivity contribution in [1.29, 1.82) is 0 Å². The third-order valence-electron chi connectivity index (χ3n) is 7.84. The van der Waals surface area contributed by atoms with Gasteiger partial charge in [-0.2, -0.15) is 0 Å². The molecule has 38 heavy (non-hydrogen) atoms. The summed E-state index contributed by atoms with van der Waals surface area (Å²) in [6.45, 7) is 9.63. The molecule has 3 aromatic carbocycles. The standard InChI is InChI=1S/C32H40N2O4/c1-22(34-20-18-32(37,19-21-34)26-8-6-5-7-9-26)28(35)23-14-16-27(17-15-23)38-30(36)25-12-10-24(11-13-25)29(33)31(2,3)4/h5-17,22,28-29,35,37H,18-21,33H2,1-4H3/t22-,28?,29?/m0/s1. The van der Waals surface area contributed by atoms with E-state index in [9.17, 15) is 15.0 Å². The molecule has 3 aromatic rings. The van der Waals surface area contributed by atoms with Crippen LogP contribution < -0.4 is 10.5 Å². The van der Waals surface area contributed by atoms with Gasteiger partial charge < -0.3 is 20.7 Å². The lowest BCUT2D eigenvalue weighted by atomic mass is 9.83. The highest BCUT2D eigenvalue weighted by Crippen LogP contribution is 2.35. The summed E-state index contributed by atoms with van der Waals surface area (Å²) in [6.07, 6.45) is 0.528. The van der Waals surface area contributed by atoms with Crippen LogP contribution in [0.15, 0.2) is 78.9 Å². The topological polar surface area (TPSA) is 96.0 Å². The molecule has 0 amide bonds. The monoisotopic (exact) mass is 516 g/mol. The predicted molar refractivity (Wildman–Crippen MR) is 150 cm³/mol. The van der Waals surface area contributed by atoms with E-state index in [1.54, 1.807) is 36.4 Å². The van der Waals surface area contributed by atoms with Crippen molar-refractivity contribution in [1.82, 2.24) is 4.90 Å². The highest BCUT2D eigenvalue weighted by molar-refractivity contribution is 5.91. The molecule has 6 heteroatoms. The van der Waals surface area contributed by atoms with E-state index in [2.05, 4.69) is 25.7 Å². The maximum atomic E-state index is 12.7. The summed E-state index contributed by atoms with van der Waals surface area (Å²) in [5, 5.41) is 22.2. The van der Waals surface area contributed by atoms with E-state index in [0.717, 1.165) is 16.7 Å². The van der Waals surface area contributed by atoms with Crippen LogP contribution in [0.2, 0.25) is 0 Å². The minimum Gasteiger partial charge on any atom is -0.423 e. The summed E-state index contributed by atoms with van der Waals surface area (Å²) in [7, 11) is 0. The first-order valence-corrected chi connectivity index (χ1v) is 13.4. The van der Waals surface area contributed by atoms with Gasteiger partial charge in [0.1, 0.15) is 5.75 Å². The summed E-state index contributed by atoms with van der Waals surface area (Å²) in [5.41, 5.74) is 8.53. The Hall–Kier alpha value is -3.03. The van der Waals surface area contributed by atoms with Crippen molar-refractivity contribution < 1.29 is 19.7 Å². The summed E-state index contributed by atoms with van der Waals surface area (Å²) < 4.78 is 5.55. The van der Waals surface area contributed by atoms with Gasteiger partial charge in [-0.15, -0.1) is 0 Å². The fourth-order valence-corrected chi connectivity index (χ4v) is 5.04. The predicted octanol–water partition coefficient (Wildman–Crippen LogP) is 5.36. The number of likely N-dealkylation sites (tertiary alicyclic amines) is 1. The van der Waals surface area contributed by atoms with E-state index in [-0.39, 0.29) is 17.5 Å². The zero-order valence-electron chi connectivity index (χ0n) is 22.8. The number of aliphatic hydroxyl groups is 2. The van der Waals surface area contributed by atoms with Gasteiger partial charge in [0.05, 0.1) is 17.3 Å². The highest BCUT2D eigenvalue weighted by Gasteiger charge is 2.36. The van der Waals surface area contributed by atoms with Gasteiger partial charge in [0.25, 0.3) is 0 Å². The molecular formula is C32H40N2O4. The van der Waals surface area contributed by atoms with Crippen LogP contribution in [0.4, 0.5) is 0 Å². The number of ether oxygens (including phenoxy) is 1. The van der Waals surface area contributed by atoms with Crippen molar-refractivity contribution in [2.45, 2.75) is 64.3 Å². The second kappa shape index (κ2) is 11.4. The van der Waals surface area contributed by atoms with Gasteiger partial charge in [-0.3, -0.25) is 4.90 Å². The Morgan fingerprint density at radius 2 is 1.47 bits per heavy atom. The Bertz CT molecular complexity index is 1190. The third kappa shape index (κ3) is 6.33. The fraction of sp³-hybridized carbons (Fsp3) is 0.406. The number of nitrogens with zero attached hydrogens (tertiary/aromatic N) is 1. The molecule has 0 aromatic heterocycles. The molecule has 6 nitrogen and oxygen atoms in total. The number of hydrogen-bond donors (Lipinski definition) is 3. The Labute approximate surface area is 226 Å². The fourth-order valence-electron chi connectivity index (χ4n) is 5.04. The molecule has 2 unspecified atom stereocenters. The number of hydrogen-bond acceptors (Lipinski definition) is 6. The lowest BCUT2D eigenvalue weighted by molar-refractivity contribution is -0.0501. The zero-order valence-corrected chi connectivity index (χ0v) is 22.8. The summed E-state index contributed by atoms with van der Waals surface area (Å²) >= 11 is 0. The Morgan fingerprint density at radius 3 is 2.03 bits per heavy atom. The zero-order chi connectivity index (χ0) is 27.5. The largest absolute Gasteiger partial charge is 0.423 e. The lowest BCUT2D eigenvalue weighted by Crippen LogP contribution is -2.47. The lowest BCUT2D eigenvalue weighted by Gasteiger charge is -2.42. The Morgan fingerprint density at radius 1 is 0.921 bits per heavy atom. The first kappa shape index (κ1) is 28.0. The normalized spacial score (nSPS) is 18.4. The number of carbonyl (C=O) groups excluding carboxylic acids is 1. The molecule has 1 fully saturated rings. The smallest absolute Gasteiger partial charge is 0.343 e. The summed E-state index contributed by atoms with van der Waals surface area (Å²) in [5.74, 6) is -0.0262. The van der Waals surface area contributed by atoms with E-state index in [0.29, 0.717) is 37.2 Å². The maximum Gasteiger partial charge on any atom is 0.343 e. The molecule has 1 heterocycles. The van der Waals surface area contributed by atoms with Crippen molar-refractivity contribution in [2.24, 2.45) is 11.1 Å². The van der Waals surface area contributed by atoms with Crippen molar-refractivity contribution in [3.8, 4) is 5.75 Å². The number of nitrogens with two attached hydrogens (primary N) is 1. The third-order valence-corrected chi connectivity index (χ3v) is 7.84. The number of piperidine rings is 1. The molecule has 0 radical (unpaired) electrons. The molecular weight excluding hydrogens is 476 g/mol. The van der Waals surface area contributed by atoms with Gasteiger partial charge in [0.2, 0.25) is 0 Å². The second-order valence-electron chi connectivity index (χ2n) is 11.5. The molecule has 4 N–H and O–H groups in total. The van der Waals surface area contributed by atoms with Gasteiger partial charge in [-0.1, -0.05) is 75.4 Å². The van der Waals surface area contributed by atoms with Gasteiger partial charge >= 0.3 is 5.97 Å². The minimum atomic E-state index is -0.826. The maximum absolute atomic E-state index is 12.7. The first-order valence-electron chi connectivity index (χ1n) is 13.4. The van der Waals surface area contributed by atoms with Crippen LogP contribution in [0.5, 0.6) is 5.75 Å². The number of carbonyl (C=O) groups is 1. The molecule has 3 atom stereocenters. The van der Waals surface area contributed by atoms with Crippen molar-refractivity contribution in [2.75, 3.05) is 13.1 Å². The molecule has 1 aliphatic rings. The van der Waals surface area contributed by atoms with Crippen molar-refractivity contribution in [3.05, 3.63) is 101 Å². The van der Waals surface area contributed by atoms with E-state index in [4.69, 9.17) is 10.5 Å². The number of rotatable bonds is 7. The molecule has 0 aliphatic carbocycles. The second-order valence-corrected chi connectivity index (χ2v) is 11.5. The molecule has 0 spiro atoms. The molecule has 4 rings (SSSR count). The molecule has 0 saturated carbocycles. The van der Waals surface area contributed by atoms with Crippen molar-refractivity contribution >= 4 is 5.97 Å². The van der Waals surface area contributed by atoms with Gasteiger partial charge in [0.15, 0.2) is 0 Å². The van der Waals surface area contributed by atoms with E-state index < -0.39 is 17.7 Å². The van der Waals surface area contributed by atoms with Crippen LogP contribution in [0.25, 0.3) is 0 Å². The van der Waals surface area contributed by atoms with Crippen molar-refractivity contribution in [3.63, 3.8) is 0 Å². The minimum absolute atomic E-state index is 0.0780. The Kier molecular flexibility index (Phi) is 8.38. The van der Waals surface area contributed by atoms with E-state index in [1.165, 1.54) is 0 Å². The van der Waals surface area contributed by atoms with Crippen LogP contribution in [0.1, 0.15) is 79.7 Å². The van der Waals surface area contributed by atoms with Crippen LogP contribution in [-0.2, 0) is 5.60 Å². The average molecular weight is 517 g/mol. The number of benzene rings is 3. The van der Waals surface area contributed by atoms with Gasteiger partial charge in [-0.05, 0) is 66.1 Å². The highest BCUT2D eigenvalue weighted by atomic mass is 16.5. The van der Waals surface area contributed by atoms with Crippen LogP contribution in [0, 0.1) is 5.41 Å². The molecule has 1 aliphatic heterocycles. The Balaban J connectivity index is 1.33. The molecule has 202 valence electrons. The van der Waals surface area contributed by atoms with Crippen LogP contribution >= 0.6 is 0 Å². The van der Waals surface area contributed by atoms with Crippen LogP contribution in [-0.4, -0.2) is 40.2 Å². The quantitative estimate of drug-likeness (QED) is 0.289. The molecule has 0 bridgehead atoms. The van der Waals surface area contributed by atoms with Gasteiger partial charge in [0, 0.05) is 25.2 Å². The number of esters is 1. The first-order chi connectivity index (χ1) is 18.0.